The molecule has 6 aromatic carbocycles. The number of hydrogen-bond acceptors (Lipinski definition) is 10. The van der Waals surface area contributed by atoms with Gasteiger partial charge in [0.25, 0.3) is 0 Å². The molecule has 4 aliphatic rings. The van der Waals surface area contributed by atoms with E-state index in [9.17, 15) is 30.0 Å². The van der Waals surface area contributed by atoms with Gasteiger partial charge in [0.2, 0.25) is 0 Å². The third kappa shape index (κ3) is 4.72. The Bertz CT molecular complexity index is 2190. The van der Waals surface area contributed by atoms with Crippen molar-refractivity contribution in [2.75, 3.05) is 0 Å². The summed E-state index contributed by atoms with van der Waals surface area (Å²) in [6.07, 6.45) is 0. The van der Waals surface area contributed by atoms with Gasteiger partial charge in [0.15, 0.2) is 11.2 Å². The number of phenols is 4. The van der Waals surface area contributed by atoms with Gasteiger partial charge in [-0.15, -0.1) is 24.8 Å². The predicted octanol–water partition coefficient (Wildman–Crippen LogP) is 8.18. The topological polar surface area (TPSA) is 152 Å². The molecule has 0 radical (unpaired) electrons. The second-order valence-electron chi connectivity index (χ2n) is 12.2. The predicted molar refractivity (Wildman–Crippen MR) is 191 cm³/mol. The summed E-state index contributed by atoms with van der Waals surface area (Å²) in [5.41, 5.74) is 2.57. The molecule has 6 aromatic rings. The van der Waals surface area contributed by atoms with Crippen LogP contribution in [-0.4, -0.2) is 32.4 Å². The van der Waals surface area contributed by atoms with Gasteiger partial charge in [-0.05, 0) is 60.7 Å². The van der Waals surface area contributed by atoms with Gasteiger partial charge in [0, 0.05) is 57.6 Å². The maximum Gasteiger partial charge on any atom is 0.340 e. The van der Waals surface area contributed by atoms with Crippen LogP contribution < -0.4 is 9.47 Å². The highest BCUT2D eigenvalue weighted by Crippen LogP contribution is 2.58. The van der Waals surface area contributed by atoms with E-state index >= 15 is 0 Å². The summed E-state index contributed by atoms with van der Waals surface area (Å²) in [6, 6.07) is 33.2. The van der Waals surface area contributed by atoms with E-state index in [1.165, 1.54) is 48.5 Å². The number of carbonyl (C=O) groups is 2. The monoisotopic (exact) mass is 736 g/mol. The lowest BCUT2D eigenvalue weighted by Gasteiger charge is -2.36. The molecule has 0 aliphatic carbocycles. The number of rotatable bonds is 0. The molecule has 0 atom stereocenters. The highest BCUT2D eigenvalue weighted by atomic mass is 35.5. The molecule has 2 spiro atoms. The molecule has 0 aromatic heterocycles. The van der Waals surface area contributed by atoms with Gasteiger partial charge in [-0.25, -0.2) is 9.59 Å². The summed E-state index contributed by atoms with van der Waals surface area (Å²) in [6.45, 7) is 0. The second-order valence-corrected chi connectivity index (χ2v) is 12.2. The van der Waals surface area contributed by atoms with Crippen molar-refractivity contribution in [2.45, 2.75) is 11.2 Å². The number of esters is 2. The zero-order valence-electron chi connectivity index (χ0n) is 26.6. The molecule has 0 saturated carbocycles. The fourth-order valence-corrected chi connectivity index (χ4v) is 7.31. The van der Waals surface area contributed by atoms with Crippen LogP contribution in [0.2, 0.25) is 0 Å². The Labute approximate surface area is 307 Å². The van der Waals surface area contributed by atoms with Crippen molar-refractivity contribution in [1.82, 2.24) is 0 Å². The van der Waals surface area contributed by atoms with Crippen molar-refractivity contribution in [3.63, 3.8) is 0 Å². The van der Waals surface area contributed by atoms with Gasteiger partial charge in [-0.3, -0.25) is 0 Å². The van der Waals surface area contributed by atoms with E-state index in [4.69, 9.17) is 18.9 Å². The third-order valence-electron chi connectivity index (χ3n) is 9.36. The summed E-state index contributed by atoms with van der Waals surface area (Å²) < 4.78 is 23.6. The molecule has 52 heavy (non-hydrogen) atoms. The first-order valence-corrected chi connectivity index (χ1v) is 15.5. The van der Waals surface area contributed by atoms with E-state index < -0.39 is 23.1 Å². The Morgan fingerprint density at radius 2 is 0.673 bits per heavy atom. The average Bonchev–Trinajstić information content (AvgIpc) is 3.56. The Morgan fingerprint density at radius 3 is 0.981 bits per heavy atom. The van der Waals surface area contributed by atoms with Crippen LogP contribution in [0.3, 0.4) is 0 Å². The van der Waals surface area contributed by atoms with Crippen LogP contribution in [0.25, 0.3) is 0 Å². The largest absolute Gasteiger partial charge is 0.508 e. The van der Waals surface area contributed by atoms with Crippen molar-refractivity contribution in [3.8, 4) is 46.0 Å². The Hall–Kier alpha value is -6.36. The molecule has 0 amide bonds. The molecule has 4 aliphatic heterocycles. The fraction of sp³-hybridized carbons (Fsp3) is 0.0500. The molecular formula is C40H26Cl2O10. The van der Waals surface area contributed by atoms with Gasteiger partial charge in [-0.2, -0.15) is 0 Å². The SMILES string of the molecule is Cl.Cl.O=C1OC2(c3ccc(O)cc3Oc3cc(O)ccc32)c2ccccc21.O=C1OC2(c3ccc(O)cc3Oc3cc(O)ccc32)c2ccccc21. The molecule has 10 nitrogen and oxygen atoms in total. The Morgan fingerprint density at radius 1 is 0.385 bits per heavy atom. The first-order chi connectivity index (χ1) is 24.2. The summed E-state index contributed by atoms with van der Waals surface area (Å²) in [5.74, 6) is 0.817. The maximum absolute atomic E-state index is 12.5. The molecule has 0 fully saturated rings. The zero-order chi connectivity index (χ0) is 34.4. The quantitative estimate of drug-likeness (QED) is 0.112. The number of benzene rings is 6. The molecule has 10 rings (SSSR count). The van der Waals surface area contributed by atoms with Gasteiger partial charge >= 0.3 is 11.9 Å². The molecule has 12 heteroatoms. The van der Waals surface area contributed by atoms with Crippen LogP contribution in [0, 0.1) is 0 Å². The Kier molecular flexibility index (Phi) is 7.97. The molecule has 4 N–H and O–H groups in total. The van der Waals surface area contributed by atoms with E-state index in [1.54, 1.807) is 48.5 Å². The van der Waals surface area contributed by atoms with E-state index in [-0.39, 0.29) is 47.8 Å². The smallest absolute Gasteiger partial charge is 0.340 e. The molecule has 4 heterocycles. The molecule has 260 valence electrons. The Balaban J connectivity index is 0.000000156. The minimum atomic E-state index is -1.17. The van der Waals surface area contributed by atoms with Crippen molar-refractivity contribution < 1.29 is 49.0 Å². The molecule has 0 bridgehead atoms. The van der Waals surface area contributed by atoms with Crippen LogP contribution in [0.15, 0.2) is 121 Å². The normalized spacial score (nSPS) is 15.2. The fourth-order valence-electron chi connectivity index (χ4n) is 7.31. The lowest BCUT2D eigenvalue weighted by molar-refractivity contribution is 0.0214. The molecule has 0 saturated heterocycles. The number of ether oxygens (including phenoxy) is 4. The van der Waals surface area contributed by atoms with Crippen molar-refractivity contribution in [2.24, 2.45) is 0 Å². The maximum atomic E-state index is 12.5. The minimum Gasteiger partial charge on any atom is -0.508 e. The summed E-state index contributed by atoms with van der Waals surface area (Å²) in [5, 5.41) is 39.3. The van der Waals surface area contributed by atoms with Crippen LogP contribution in [-0.2, 0) is 20.7 Å². The minimum absolute atomic E-state index is 0. The van der Waals surface area contributed by atoms with Crippen LogP contribution >= 0.6 is 24.8 Å². The van der Waals surface area contributed by atoms with Crippen LogP contribution in [0.4, 0.5) is 0 Å². The summed E-state index contributed by atoms with van der Waals surface area (Å²) in [4.78, 5) is 25.1. The number of hydrogen-bond donors (Lipinski definition) is 4. The first-order valence-electron chi connectivity index (χ1n) is 15.5. The lowest BCUT2D eigenvalue weighted by Crippen LogP contribution is -2.32. The van der Waals surface area contributed by atoms with Gasteiger partial charge in [0.05, 0.1) is 11.1 Å². The highest BCUT2D eigenvalue weighted by Gasteiger charge is 2.55. The summed E-state index contributed by atoms with van der Waals surface area (Å²) in [7, 11) is 0. The number of phenolic OH excluding ortho intramolecular Hbond substituents is 4. The van der Waals surface area contributed by atoms with Crippen molar-refractivity contribution >= 4 is 36.8 Å². The van der Waals surface area contributed by atoms with Crippen molar-refractivity contribution in [3.05, 3.63) is 166 Å². The second kappa shape index (κ2) is 12.2. The number of fused-ring (bicyclic) bond motifs is 12. The number of carbonyl (C=O) groups excluding carboxylic acids is 2. The third-order valence-corrected chi connectivity index (χ3v) is 9.36. The highest BCUT2D eigenvalue weighted by molar-refractivity contribution is 5.98. The van der Waals surface area contributed by atoms with Gasteiger partial charge in [-0.1, -0.05) is 36.4 Å². The molecule has 0 unspecified atom stereocenters. The standard InChI is InChI=1S/2C20H12O5.2ClH/c2*21-11-5-7-15-17(9-11)24-18-10-12(22)6-8-16(18)20(15)14-4-2-1-3-13(14)19(23)25-20;;/h2*1-10,21-22H;2*1H. The zero-order valence-corrected chi connectivity index (χ0v) is 28.2. The van der Waals surface area contributed by atoms with Crippen LogP contribution in [0.1, 0.15) is 54.1 Å². The lowest BCUT2D eigenvalue weighted by atomic mass is 9.77. The van der Waals surface area contributed by atoms with Gasteiger partial charge < -0.3 is 39.4 Å². The number of halogens is 2. The van der Waals surface area contributed by atoms with Gasteiger partial charge in [0.1, 0.15) is 46.0 Å². The van der Waals surface area contributed by atoms with E-state index in [0.717, 1.165) is 0 Å². The first kappa shape index (κ1) is 34.1. The molecular weight excluding hydrogens is 711 g/mol. The van der Waals surface area contributed by atoms with E-state index in [1.807, 2.05) is 24.3 Å². The van der Waals surface area contributed by atoms with E-state index in [0.29, 0.717) is 67.5 Å². The summed E-state index contributed by atoms with van der Waals surface area (Å²) >= 11 is 0. The number of aromatic hydroxyl groups is 4. The van der Waals surface area contributed by atoms with Crippen LogP contribution in [0.5, 0.6) is 46.0 Å². The average molecular weight is 738 g/mol. The van der Waals surface area contributed by atoms with E-state index in [2.05, 4.69) is 0 Å². The van der Waals surface area contributed by atoms with Crippen molar-refractivity contribution in [1.29, 1.82) is 0 Å².